The summed E-state index contributed by atoms with van der Waals surface area (Å²) in [6.45, 7) is 4.57. The molecule has 1 aliphatic heterocycles. The van der Waals surface area contributed by atoms with Gasteiger partial charge in [0.1, 0.15) is 0 Å². The van der Waals surface area contributed by atoms with E-state index in [1.165, 1.54) is 11.3 Å². The van der Waals surface area contributed by atoms with E-state index in [4.69, 9.17) is 0 Å². The second-order valence-corrected chi connectivity index (χ2v) is 7.57. The summed E-state index contributed by atoms with van der Waals surface area (Å²) in [4.78, 5) is 7.22. The number of aliphatic hydroxyl groups is 1. The van der Waals surface area contributed by atoms with E-state index in [1.54, 1.807) is 6.92 Å². The van der Waals surface area contributed by atoms with Crippen molar-refractivity contribution in [3.8, 4) is 0 Å². The third kappa shape index (κ3) is 2.78. The van der Waals surface area contributed by atoms with Gasteiger partial charge in [-0.25, -0.2) is 13.4 Å². The maximum Gasteiger partial charge on any atom is 0.185 e. The number of hydrogen-bond acceptors (Lipinski definition) is 6. The van der Waals surface area contributed by atoms with Gasteiger partial charge in [0.15, 0.2) is 15.0 Å². The Bertz CT molecular complexity index is 494. The van der Waals surface area contributed by atoms with Crippen LogP contribution in [0.25, 0.3) is 0 Å². The Morgan fingerprint density at radius 2 is 2.00 bits per heavy atom. The molecule has 0 aromatic carbocycles. The first-order valence-corrected chi connectivity index (χ1v) is 8.13. The molecule has 1 aromatic heterocycles. The molecule has 1 atom stereocenters. The number of aryl methyl sites for hydroxylation is 1. The van der Waals surface area contributed by atoms with Crippen molar-refractivity contribution in [2.45, 2.75) is 20.0 Å². The summed E-state index contributed by atoms with van der Waals surface area (Å²) < 4.78 is 22.6. The van der Waals surface area contributed by atoms with E-state index in [2.05, 4.69) is 4.98 Å². The number of nitrogens with zero attached hydrogens (tertiary/aromatic N) is 2. The van der Waals surface area contributed by atoms with Crippen LogP contribution in [0.4, 0.5) is 5.13 Å². The molecule has 1 fully saturated rings. The Labute approximate surface area is 105 Å². The first-order valence-electron chi connectivity index (χ1n) is 5.50. The lowest BCUT2D eigenvalue weighted by atomic mass is 10.3. The molecule has 1 aliphatic rings. The third-order valence-corrected chi connectivity index (χ3v) is 5.81. The van der Waals surface area contributed by atoms with E-state index >= 15 is 0 Å². The number of rotatable bonds is 2. The van der Waals surface area contributed by atoms with Gasteiger partial charge in [0.05, 0.1) is 28.2 Å². The zero-order valence-corrected chi connectivity index (χ0v) is 11.5. The first-order chi connectivity index (χ1) is 7.89. The van der Waals surface area contributed by atoms with Gasteiger partial charge >= 0.3 is 0 Å². The largest absolute Gasteiger partial charge is 0.388 e. The number of sulfone groups is 1. The van der Waals surface area contributed by atoms with Crippen LogP contribution in [-0.2, 0) is 9.84 Å². The van der Waals surface area contributed by atoms with Crippen molar-refractivity contribution in [3.05, 3.63) is 10.6 Å². The second-order valence-electron chi connectivity index (χ2n) is 4.26. The number of hydrogen-bond donors (Lipinski definition) is 1. The molecule has 5 nitrogen and oxygen atoms in total. The molecule has 1 unspecified atom stereocenters. The van der Waals surface area contributed by atoms with Crippen LogP contribution in [0.1, 0.15) is 23.6 Å². The summed E-state index contributed by atoms with van der Waals surface area (Å²) >= 11 is 1.44. The lowest BCUT2D eigenvalue weighted by molar-refractivity contribution is 0.202. The normalized spacial score (nSPS) is 21.5. The van der Waals surface area contributed by atoms with Gasteiger partial charge in [-0.3, -0.25) is 0 Å². The van der Waals surface area contributed by atoms with Crippen molar-refractivity contribution in [1.29, 1.82) is 0 Å². The fourth-order valence-corrected chi connectivity index (χ4v) is 4.08. The van der Waals surface area contributed by atoms with Crippen LogP contribution in [0.3, 0.4) is 0 Å². The molecule has 1 N–H and O–H groups in total. The van der Waals surface area contributed by atoms with E-state index < -0.39 is 15.9 Å². The van der Waals surface area contributed by atoms with Gasteiger partial charge in [0.25, 0.3) is 0 Å². The minimum Gasteiger partial charge on any atom is -0.388 e. The van der Waals surface area contributed by atoms with E-state index in [0.717, 1.165) is 15.7 Å². The van der Waals surface area contributed by atoms with Crippen LogP contribution in [-0.4, -0.2) is 43.1 Å². The summed E-state index contributed by atoms with van der Waals surface area (Å²) in [5.74, 6) is 0.380. The van der Waals surface area contributed by atoms with Crippen molar-refractivity contribution < 1.29 is 13.5 Å². The highest BCUT2D eigenvalue weighted by Crippen LogP contribution is 2.31. The van der Waals surface area contributed by atoms with Gasteiger partial charge in [0.2, 0.25) is 0 Å². The fraction of sp³-hybridized carbons (Fsp3) is 0.700. The standard InChI is InChI=1S/C10H16N2O3S2/c1-7-9(8(2)13)16-10(11-7)12-3-5-17(14,15)6-4-12/h8,13H,3-6H2,1-2H3. The molecule has 2 heterocycles. The smallest absolute Gasteiger partial charge is 0.185 e. The van der Waals surface area contributed by atoms with Gasteiger partial charge < -0.3 is 10.0 Å². The van der Waals surface area contributed by atoms with E-state index in [9.17, 15) is 13.5 Å². The van der Waals surface area contributed by atoms with Crippen LogP contribution in [0, 0.1) is 6.92 Å². The number of aliphatic hydroxyl groups excluding tert-OH is 1. The summed E-state index contributed by atoms with van der Waals surface area (Å²) in [6, 6.07) is 0. The van der Waals surface area contributed by atoms with Crippen LogP contribution >= 0.6 is 11.3 Å². The molecule has 1 aromatic rings. The monoisotopic (exact) mass is 276 g/mol. The van der Waals surface area contributed by atoms with Crippen LogP contribution in [0.2, 0.25) is 0 Å². The van der Waals surface area contributed by atoms with E-state index in [-0.39, 0.29) is 11.5 Å². The molecule has 96 valence electrons. The fourth-order valence-electron chi connectivity index (χ4n) is 1.82. The minimum absolute atomic E-state index is 0.190. The van der Waals surface area contributed by atoms with Crippen molar-refractivity contribution in [1.82, 2.24) is 4.98 Å². The Morgan fingerprint density at radius 3 is 2.47 bits per heavy atom. The zero-order valence-electron chi connectivity index (χ0n) is 9.88. The van der Waals surface area contributed by atoms with Crippen molar-refractivity contribution in [2.24, 2.45) is 0 Å². The van der Waals surface area contributed by atoms with Gasteiger partial charge in [0, 0.05) is 13.1 Å². The van der Waals surface area contributed by atoms with Crippen molar-refractivity contribution >= 4 is 26.3 Å². The third-order valence-electron chi connectivity index (χ3n) is 2.82. The molecule has 0 spiro atoms. The lowest BCUT2D eigenvalue weighted by Crippen LogP contribution is -2.40. The van der Waals surface area contributed by atoms with E-state index in [1.807, 2.05) is 11.8 Å². The molecule has 0 aliphatic carbocycles. The van der Waals surface area contributed by atoms with Crippen LogP contribution in [0.5, 0.6) is 0 Å². The average molecular weight is 276 g/mol. The maximum atomic E-state index is 11.3. The van der Waals surface area contributed by atoms with E-state index in [0.29, 0.717) is 13.1 Å². The highest BCUT2D eigenvalue weighted by molar-refractivity contribution is 7.91. The molecule has 7 heteroatoms. The molecule has 0 amide bonds. The predicted octanol–water partition coefficient (Wildman–Crippen LogP) is 0.740. The second kappa shape index (κ2) is 4.55. The highest BCUT2D eigenvalue weighted by atomic mass is 32.2. The zero-order chi connectivity index (χ0) is 12.6. The van der Waals surface area contributed by atoms with Gasteiger partial charge in [-0.05, 0) is 13.8 Å². The van der Waals surface area contributed by atoms with Gasteiger partial charge in [-0.15, -0.1) is 0 Å². The van der Waals surface area contributed by atoms with Gasteiger partial charge in [-0.2, -0.15) is 0 Å². The molecule has 0 saturated carbocycles. The maximum absolute atomic E-state index is 11.3. The quantitative estimate of drug-likeness (QED) is 0.862. The molecular weight excluding hydrogens is 260 g/mol. The molecular formula is C10H16N2O3S2. The minimum atomic E-state index is -2.86. The van der Waals surface area contributed by atoms with Crippen molar-refractivity contribution in [2.75, 3.05) is 29.5 Å². The predicted molar refractivity (Wildman–Crippen MR) is 68.4 cm³/mol. The average Bonchev–Trinajstić information content (AvgIpc) is 2.60. The Kier molecular flexibility index (Phi) is 3.42. The number of anilines is 1. The summed E-state index contributed by atoms with van der Waals surface area (Å²) in [7, 11) is -2.86. The molecule has 1 saturated heterocycles. The first kappa shape index (κ1) is 12.8. The Balaban J connectivity index is 2.16. The summed E-state index contributed by atoms with van der Waals surface area (Å²) in [5.41, 5.74) is 0.827. The Morgan fingerprint density at radius 1 is 1.41 bits per heavy atom. The summed E-state index contributed by atoms with van der Waals surface area (Å²) in [6.07, 6.45) is -0.519. The van der Waals surface area contributed by atoms with Crippen molar-refractivity contribution in [3.63, 3.8) is 0 Å². The molecule has 0 radical (unpaired) electrons. The number of aromatic nitrogens is 1. The van der Waals surface area contributed by atoms with Gasteiger partial charge in [-0.1, -0.05) is 11.3 Å². The number of thiazole rings is 1. The summed E-state index contributed by atoms with van der Waals surface area (Å²) in [5, 5.41) is 10.4. The topological polar surface area (TPSA) is 70.5 Å². The van der Waals surface area contributed by atoms with Crippen LogP contribution in [0.15, 0.2) is 0 Å². The lowest BCUT2D eigenvalue weighted by Gasteiger charge is -2.25. The highest BCUT2D eigenvalue weighted by Gasteiger charge is 2.24. The molecule has 0 bridgehead atoms. The molecule has 17 heavy (non-hydrogen) atoms. The Hall–Kier alpha value is -0.660. The molecule has 2 rings (SSSR count). The van der Waals surface area contributed by atoms with Crippen LogP contribution < -0.4 is 4.90 Å². The SMILES string of the molecule is Cc1nc(N2CCS(=O)(=O)CC2)sc1C(C)O.